The van der Waals surface area contributed by atoms with Crippen molar-refractivity contribution >= 4 is 0 Å². The Bertz CT molecular complexity index is 366. The molecule has 0 amide bonds. The Morgan fingerprint density at radius 3 is 2.72 bits per heavy atom. The van der Waals surface area contributed by atoms with Crippen molar-refractivity contribution in [3.63, 3.8) is 0 Å². The van der Waals surface area contributed by atoms with Crippen LogP contribution in [-0.4, -0.2) is 53.2 Å². The first-order valence-electron chi connectivity index (χ1n) is 6.93. The van der Waals surface area contributed by atoms with E-state index in [9.17, 15) is 0 Å². The van der Waals surface area contributed by atoms with Gasteiger partial charge in [0.2, 0.25) is 11.8 Å². The second kappa shape index (κ2) is 6.29. The molecule has 18 heavy (non-hydrogen) atoms. The third kappa shape index (κ3) is 3.53. The lowest BCUT2D eigenvalue weighted by Gasteiger charge is -2.19. The van der Waals surface area contributed by atoms with Crippen molar-refractivity contribution in [3.8, 4) is 0 Å². The minimum Gasteiger partial charge on any atom is -0.424 e. The molecule has 0 unspecified atom stereocenters. The molecule has 5 heteroatoms. The molecular formula is C13H24N4O. The summed E-state index contributed by atoms with van der Waals surface area (Å²) in [5.74, 6) is 2.25. The van der Waals surface area contributed by atoms with Crippen molar-refractivity contribution in [1.82, 2.24) is 20.0 Å². The number of aromatic nitrogens is 2. The molecule has 0 spiro atoms. The molecular weight excluding hydrogens is 228 g/mol. The molecule has 2 heterocycles. The molecule has 1 aliphatic rings. The van der Waals surface area contributed by atoms with Gasteiger partial charge in [0, 0.05) is 19.5 Å². The average molecular weight is 252 g/mol. The smallest absolute Gasteiger partial charge is 0.230 e. The van der Waals surface area contributed by atoms with Crippen molar-refractivity contribution < 1.29 is 4.42 Å². The van der Waals surface area contributed by atoms with Gasteiger partial charge in [0.05, 0.1) is 6.54 Å². The van der Waals surface area contributed by atoms with Gasteiger partial charge in [-0.15, -0.1) is 10.2 Å². The summed E-state index contributed by atoms with van der Waals surface area (Å²) < 4.78 is 5.54. The maximum Gasteiger partial charge on any atom is 0.230 e. The molecule has 1 aliphatic heterocycles. The molecule has 0 bridgehead atoms. The van der Waals surface area contributed by atoms with Crippen LogP contribution in [0.3, 0.4) is 0 Å². The molecule has 1 atom stereocenters. The number of hydrogen-bond acceptors (Lipinski definition) is 5. The number of hydrogen-bond donors (Lipinski definition) is 0. The SMILES string of the molecule is CCc1nnc(CN(C)C[C@H]2CCN(CC)C2)o1. The zero-order valence-electron chi connectivity index (χ0n) is 11.7. The summed E-state index contributed by atoms with van der Waals surface area (Å²) in [6.45, 7) is 9.77. The van der Waals surface area contributed by atoms with Crippen LogP contribution < -0.4 is 0 Å². The zero-order chi connectivity index (χ0) is 13.0. The first-order chi connectivity index (χ1) is 8.71. The van der Waals surface area contributed by atoms with Gasteiger partial charge < -0.3 is 9.32 Å². The Morgan fingerprint density at radius 1 is 1.33 bits per heavy atom. The number of aryl methyl sites for hydroxylation is 1. The lowest BCUT2D eigenvalue weighted by Crippen LogP contribution is -2.28. The molecule has 1 aromatic rings. The van der Waals surface area contributed by atoms with Crippen LogP contribution in [-0.2, 0) is 13.0 Å². The van der Waals surface area contributed by atoms with Crippen LogP contribution in [0.5, 0.6) is 0 Å². The van der Waals surface area contributed by atoms with Crippen molar-refractivity contribution in [1.29, 1.82) is 0 Å². The molecule has 0 aromatic carbocycles. The maximum absolute atomic E-state index is 5.54. The van der Waals surface area contributed by atoms with E-state index < -0.39 is 0 Å². The summed E-state index contributed by atoms with van der Waals surface area (Å²) in [4.78, 5) is 4.80. The zero-order valence-corrected chi connectivity index (χ0v) is 11.7. The van der Waals surface area contributed by atoms with E-state index in [2.05, 4.69) is 34.0 Å². The van der Waals surface area contributed by atoms with Gasteiger partial charge in [-0.1, -0.05) is 13.8 Å². The van der Waals surface area contributed by atoms with E-state index in [4.69, 9.17) is 4.42 Å². The first-order valence-corrected chi connectivity index (χ1v) is 6.93. The van der Waals surface area contributed by atoms with E-state index in [1.165, 1.54) is 26.1 Å². The first kappa shape index (κ1) is 13.5. The van der Waals surface area contributed by atoms with E-state index in [0.717, 1.165) is 37.2 Å². The van der Waals surface area contributed by atoms with Crippen LogP contribution in [0.15, 0.2) is 4.42 Å². The summed E-state index contributed by atoms with van der Waals surface area (Å²) in [7, 11) is 2.13. The summed E-state index contributed by atoms with van der Waals surface area (Å²) in [5.41, 5.74) is 0. The summed E-state index contributed by atoms with van der Waals surface area (Å²) in [6.07, 6.45) is 2.12. The minimum absolute atomic E-state index is 0.733. The van der Waals surface area contributed by atoms with Crippen molar-refractivity contribution in [2.75, 3.05) is 33.2 Å². The summed E-state index contributed by atoms with van der Waals surface area (Å²) >= 11 is 0. The molecule has 0 N–H and O–H groups in total. The lowest BCUT2D eigenvalue weighted by atomic mass is 10.1. The van der Waals surface area contributed by atoms with E-state index in [0.29, 0.717) is 0 Å². The maximum atomic E-state index is 5.54. The minimum atomic E-state index is 0.733. The summed E-state index contributed by atoms with van der Waals surface area (Å²) in [6, 6.07) is 0. The highest BCUT2D eigenvalue weighted by molar-refractivity contribution is 4.82. The summed E-state index contributed by atoms with van der Waals surface area (Å²) in [5, 5.41) is 8.06. The Morgan fingerprint density at radius 2 is 2.11 bits per heavy atom. The molecule has 2 rings (SSSR count). The molecule has 0 aliphatic carbocycles. The molecule has 1 aromatic heterocycles. The topological polar surface area (TPSA) is 45.4 Å². The van der Waals surface area contributed by atoms with Gasteiger partial charge in [-0.2, -0.15) is 0 Å². The van der Waals surface area contributed by atoms with Crippen LogP contribution in [0.25, 0.3) is 0 Å². The van der Waals surface area contributed by atoms with E-state index >= 15 is 0 Å². The molecule has 1 fully saturated rings. The number of nitrogens with zero attached hydrogens (tertiary/aromatic N) is 4. The predicted octanol–water partition coefficient (Wildman–Crippen LogP) is 1.41. The van der Waals surface area contributed by atoms with Gasteiger partial charge in [0.1, 0.15) is 0 Å². The number of rotatable bonds is 6. The van der Waals surface area contributed by atoms with Gasteiger partial charge in [-0.3, -0.25) is 4.90 Å². The van der Waals surface area contributed by atoms with Crippen LogP contribution in [0, 0.1) is 5.92 Å². The third-order valence-corrected chi connectivity index (χ3v) is 3.60. The lowest BCUT2D eigenvalue weighted by molar-refractivity contribution is 0.238. The fraction of sp³-hybridized carbons (Fsp3) is 0.846. The van der Waals surface area contributed by atoms with Crippen LogP contribution in [0.2, 0.25) is 0 Å². The Labute approximate surface area is 109 Å². The van der Waals surface area contributed by atoms with E-state index in [-0.39, 0.29) is 0 Å². The largest absolute Gasteiger partial charge is 0.424 e. The van der Waals surface area contributed by atoms with Gasteiger partial charge >= 0.3 is 0 Å². The highest BCUT2D eigenvalue weighted by Gasteiger charge is 2.22. The monoisotopic (exact) mass is 252 g/mol. The molecule has 102 valence electrons. The van der Waals surface area contributed by atoms with Crippen molar-refractivity contribution in [2.45, 2.75) is 33.2 Å². The second-order valence-corrected chi connectivity index (χ2v) is 5.19. The third-order valence-electron chi connectivity index (χ3n) is 3.60. The highest BCUT2D eigenvalue weighted by atomic mass is 16.4. The fourth-order valence-corrected chi connectivity index (χ4v) is 2.58. The van der Waals surface area contributed by atoms with Crippen LogP contribution >= 0.6 is 0 Å². The molecule has 5 nitrogen and oxygen atoms in total. The Balaban J connectivity index is 1.76. The standard InChI is InChI=1S/C13H24N4O/c1-4-12-14-15-13(18-12)10-16(3)8-11-6-7-17(5-2)9-11/h11H,4-10H2,1-3H3/t11-/m1/s1. The number of likely N-dealkylation sites (tertiary alicyclic amines) is 1. The average Bonchev–Trinajstić information content (AvgIpc) is 2.98. The highest BCUT2D eigenvalue weighted by Crippen LogP contribution is 2.17. The molecule has 0 radical (unpaired) electrons. The van der Waals surface area contributed by atoms with E-state index in [1.54, 1.807) is 0 Å². The Kier molecular flexibility index (Phi) is 4.72. The van der Waals surface area contributed by atoms with Gasteiger partial charge in [0.25, 0.3) is 0 Å². The van der Waals surface area contributed by atoms with E-state index in [1.807, 2.05) is 6.92 Å². The predicted molar refractivity (Wildman–Crippen MR) is 70.2 cm³/mol. The molecule has 1 saturated heterocycles. The fourth-order valence-electron chi connectivity index (χ4n) is 2.58. The molecule has 0 saturated carbocycles. The quantitative estimate of drug-likeness (QED) is 0.766. The van der Waals surface area contributed by atoms with Crippen LogP contribution in [0.4, 0.5) is 0 Å². The second-order valence-electron chi connectivity index (χ2n) is 5.19. The Hall–Kier alpha value is -0.940. The van der Waals surface area contributed by atoms with Crippen LogP contribution in [0.1, 0.15) is 32.0 Å². The normalized spacial score (nSPS) is 21.0. The van der Waals surface area contributed by atoms with Crippen molar-refractivity contribution in [2.24, 2.45) is 5.92 Å². The van der Waals surface area contributed by atoms with Gasteiger partial charge in [-0.05, 0) is 32.5 Å². The van der Waals surface area contributed by atoms with Gasteiger partial charge in [0.15, 0.2) is 0 Å². The van der Waals surface area contributed by atoms with Gasteiger partial charge in [-0.25, -0.2) is 0 Å². The van der Waals surface area contributed by atoms with Crippen molar-refractivity contribution in [3.05, 3.63) is 11.8 Å².